The maximum Gasteiger partial charge on any atom is 0.273 e. The smallest absolute Gasteiger partial charge is 0.273 e. The highest BCUT2D eigenvalue weighted by atomic mass is 19.1. The van der Waals surface area contributed by atoms with Gasteiger partial charge in [-0.15, -0.1) is 0 Å². The number of benzene rings is 1. The summed E-state index contributed by atoms with van der Waals surface area (Å²) in [5, 5.41) is 12.3. The number of carbonyl (C=O) groups is 1. The summed E-state index contributed by atoms with van der Waals surface area (Å²) in [5.74, 6) is -0.632. The normalized spacial score (nSPS) is 12.2. The van der Waals surface area contributed by atoms with Crippen molar-refractivity contribution in [3.63, 3.8) is 0 Å². The molecule has 2 rings (SSSR count). The minimum absolute atomic E-state index is 0.203. The van der Waals surface area contributed by atoms with Crippen LogP contribution >= 0.6 is 0 Å². The Labute approximate surface area is 103 Å². The molecule has 1 atom stereocenters. The van der Waals surface area contributed by atoms with Crippen LogP contribution in [-0.4, -0.2) is 21.3 Å². The summed E-state index contributed by atoms with van der Waals surface area (Å²) in [6, 6.07) is 4.59. The number of halogens is 1. The van der Waals surface area contributed by atoms with Crippen molar-refractivity contribution in [1.29, 1.82) is 0 Å². The van der Waals surface area contributed by atoms with E-state index in [9.17, 15) is 9.18 Å². The number of rotatable bonds is 3. The lowest BCUT2D eigenvalue weighted by Crippen LogP contribution is -2.27. The van der Waals surface area contributed by atoms with Gasteiger partial charge in [0.1, 0.15) is 5.82 Å². The molecular formula is C12H13FN4O. The second-order valence-electron chi connectivity index (χ2n) is 4.06. The summed E-state index contributed by atoms with van der Waals surface area (Å²) < 4.78 is 13.4. The number of aromatic amines is 1. The SMILES string of the molecule is Cc1ccc(C(C)NC(=O)c2cn[nH]n2)cc1F. The third-order valence-electron chi connectivity index (χ3n) is 2.69. The molecule has 1 aromatic carbocycles. The van der Waals surface area contributed by atoms with Crippen LogP contribution in [0.1, 0.15) is 34.6 Å². The topological polar surface area (TPSA) is 70.7 Å². The van der Waals surface area contributed by atoms with Crippen LogP contribution in [0.25, 0.3) is 0 Å². The molecule has 0 radical (unpaired) electrons. The summed E-state index contributed by atoms with van der Waals surface area (Å²) in [6.45, 7) is 3.47. The number of carbonyl (C=O) groups excluding carboxylic acids is 1. The van der Waals surface area contributed by atoms with Gasteiger partial charge >= 0.3 is 0 Å². The molecule has 0 fully saturated rings. The minimum Gasteiger partial charge on any atom is -0.344 e. The van der Waals surface area contributed by atoms with Crippen molar-refractivity contribution >= 4 is 5.91 Å². The van der Waals surface area contributed by atoms with Crippen LogP contribution in [0.5, 0.6) is 0 Å². The fraction of sp³-hybridized carbons (Fsp3) is 0.250. The molecule has 1 amide bonds. The highest BCUT2D eigenvalue weighted by Crippen LogP contribution is 2.16. The molecule has 0 aliphatic heterocycles. The largest absolute Gasteiger partial charge is 0.344 e. The van der Waals surface area contributed by atoms with E-state index in [0.717, 1.165) is 0 Å². The highest BCUT2D eigenvalue weighted by Gasteiger charge is 2.14. The van der Waals surface area contributed by atoms with E-state index in [1.54, 1.807) is 26.0 Å². The van der Waals surface area contributed by atoms with Gasteiger partial charge in [-0.1, -0.05) is 12.1 Å². The zero-order valence-corrected chi connectivity index (χ0v) is 10.1. The van der Waals surface area contributed by atoms with Gasteiger partial charge in [-0.05, 0) is 31.0 Å². The van der Waals surface area contributed by atoms with Crippen molar-refractivity contribution in [3.05, 3.63) is 47.0 Å². The van der Waals surface area contributed by atoms with Gasteiger partial charge < -0.3 is 5.32 Å². The van der Waals surface area contributed by atoms with Crippen LogP contribution in [0.3, 0.4) is 0 Å². The summed E-state index contributed by atoms with van der Waals surface area (Å²) in [4.78, 5) is 11.7. The van der Waals surface area contributed by atoms with E-state index in [-0.39, 0.29) is 23.5 Å². The van der Waals surface area contributed by atoms with E-state index in [1.165, 1.54) is 12.3 Å². The molecule has 18 heavy (non-hydrogen) atoms. The lowest BCUT2D eigenvalue weighted by Gasteiger charge is -2.13. The maximum absolute atomic E-state index is 13.4. The Bertz CT molecular complexity index is 553. The number of hydrogen-bond donors (Lipinski definition) is 2. The number of nitrogens with zero attached hydrogens (tertiary/aromatic N) is 2. The van der Waals surface area contributed by atoms with Gasteiger partial charge in [0.05, 0.1) is 12.2 Å². The van der Waals surface area contributed by atoms with E-state index < -0.39 is 0 Å². The fourth-order valence-corrected chi connectivity index (χ4v) is 1.54. The molecule has 5 nitrogen and oxygen atoms in total. The average Bonchev–Trinajstić information content (AvgIpc) is 2.86. The average molecular weight is 248 g/mol. The molecule has 6 heteroatoms. The molecule has 2 N–H and O–H groups in total. The number of aromatic nitrogens is 3. The van der Waals surface area contributed by atoms with Gasteiger partial charge in [0.25, 0.3) is 5.91 Å². The fourth-order valence-electron chi connectivity index (χ4n) is 1.54. The second-order valence-corrected chi connectivity index (χ2v) is 4.06. The van der Waals surface area contributed by atoms with Crippen LogP contribution in [0.4, 0.5) is 4.39 Å². The molecule has 2 aromatic rings. The molecule has 0 saturated heterocycles. The molecule has 0 aliphatic rings. The van der Waals surface area contributed by atoms with Crippen LogP contribution in [0.2, 0.25) is 0 Å². The number of nitrogens with one attached hydrogen (secondary N) is 2. The Hall–Kier alpha value is -2.24. The van der Waals surface area contributed by atoms with Gasteiger partial charge in [0, 0.05) is 0 Å². The predicted octanol–water partition coefficient (Wildman–Crippen LogP) is 1.74. The molecule has 0 aliphatic carbocycles. The number of hydrogen-bond acceptors (Lipinski definition) is 3. The Balaban J connectivity index is 2.10. The highest BCUT2D eigenvalue weighted by molar-refractivity contribution is 5.92. The maximum atomic E-state index is 13.4. The first-order valence-electron chi connectivity index (χ1n) is 5.50. The Morgan fingerprint density at radius 1 is 1.50 bits per heavy atom. The van der Waals surface area contributed by atoms with Crippen LogP contribution in [0, 0.1) is 12.7 Å². The van der Waals surface area contributed by atoms with Crippen LogP contribution in [-0.2, 0) is 0 Å². The first kappa shape index (κ1) is 12.2. The van der Waals surface area contributed by atoms with Gasteiger partial charge in [0.15, 0.2) is 5.69 Å². The molecule has 0 saturated carbocycles. The summed E-state index contributed by atoms with van der Waals surface area (Å²) in [7, 11) is 0. The second kappa shape index (κ2) is 4.95. The van der Waals surface area contributed by atoms with Crippen molar-refractivity contribution in [2.24, 2.45) is 0 Å². The van der Waals surface area contributed by atoms with Crippen molar-refractivity contribution in [3.8, 4) is 0 Å². The Morgan fingerprint density at radius 3 is 2.89 bits per heavy atom. The minimum atomic E-state index is -0.350. The summed E-state index contributed by atoms with van der Waals surface area (Å²) in [5.41, 5.74) is 1.48. The quantitative estimate of drug-likeness (QED) is 0.869. The van der Waals surface area contributed by atoms with Crippen LogP contribution < -0.4 is 5.32 Å². The van der Waals surface area contributed by atoms with E-state index in [4.69, 9.17) is 0 Å². The molecule has 94 valence electrons. The number of aryl methyl sites for hydroxylation is 1. The lowest BCUT2D eigenvalue weighted by molar-refractivity contribution is 0.0934. The van der Waals surface area contributed by atoms with Crippen molar-refractivity contribution in [2.45, 2.75) is 19.9 Å². The van der Waals surface area contributed by atoms with E-state index >= 15 is 0 Å². The molecule has 0 spiro atoms. The van der Waals surface area contributed by atoms with E-state index in [0.29, 0.717) is 11.1 Å². The predicted molar refractivity (Wildman–Crippen MR) is 63.4 cm³/mol. The number of H-pyrrole nitrogens is 1. The monoisotopic (exact) mass is 248 g/mol. The molecule has 1 aromatic heterocycles. The lowest BCUT2D eigenvalue weighted by atomic mass is 10.1. The van der Waals surface area contributed by atoms with Crippen molar-refractivity contribution in [1.82, 2.24) is 20.7 Å². The summed E-state index contributed by atoms with van der Waals surface area (Å²) in [6.07, 6.45) is 1.33. The first-order valence-corrected chi connectivity index (χ1v) is 5.50. The zero-order chi connectivity index (χ0) is 13.1. The molecule has 1 heterocycles. The Morgan fingerprint density at radius 2 is 2.28 bits per heavy atom. The van der Waals surface area contributed by atoms with Crippen molar-refractivity contribution < 1.29 is 9.18 Å². The van der Waals surface area contributed by atoms with Gasteiger partial charge in [-0.25, -0.2) is 4.39 Å². The van der Waals surface area contributed by atoms with E-state index in [1.807, 2.05) is 0 Å². The molecular weight excluding hydrogens is 235 g/mol. The van der Waals surface area contributed by atoms with Gasteiger partial charge in [-0.3, -0.25) is 4.79 Å². The molecule has 0 bridgehead atoms. The van der Waals surface area contributed by atoms with Crippen molar-refractivity contribution in [2.75, 3.05) is 0 Å². The van der Waals surface area contributed by atoms with Gasteiger partial charge in [-0.2, -0.15) is 15.4 Å². The summed E-state index contributed by atoms with van der Waals surface area (Å²) >= 11 is 0. The van der Waals surface area contributed by atoms with Crippen LogP contribution in [0.15, 0.2) is 24.4 Å². The number of amides is 1. The first-order chi connectivity index (χ1) is 8.58. The third-order valence-corrected chi connectivity index (χ3v) is 2.69. The molecule has 1 unspecified atom stereocenters. The van der Waals surface area contributed by atoms with E-state index in [2.05, 4.69) is 20.7 Å². The third kappa shape index (κ3) is 2.53. The van der Waals surface area contributed by atoms with Gasteiger partial charge in [0.2, 0.25) is 0 Å². The standard InChI is InChI=1S/C12H13FN4O/c1-7-3-4-9(5-10(7)13)8(2)15-12(18)11-6-14-17-16-11/h3-6,8H,1-2H3,(H,15,18)(H,14,16,17). The zero-order valence-electron chi connectivity index (χ0n) is 10.1. The Kier molecular flexibility index (Phi) is 3.36.